The van der Waals surface area contributed by atoms with Gasteiger partial charge in [-0.15, -0.1) is 10.2 Å². The highest BCUT2D eigenvalue weighted by Gasteiger charge is 2.17. The van der Waals surface area contributed by atoms with Gasteiger partial charge in [-0.3, -0.25) is 9.59 Å². The second-order valence-corrected chi connectivity index (χ2v) is 7.42. The molecule has 0 unspecified atom stereocenters. The quantitative estimate of drug-likeness (QED) is 0.655. The van der Waals surface area contributed by atoms with Gasteiger partial charge in [-0.25, -0.2) is 0 Å². The molecule has 2 aromatic rings. The van der Waals surface area contributed by atoms with Gasteiger partial charge in [0.05, 0.1) is 17.6 Å². The highest BCUT2D eigenvalue weighted by molar-refractivity contribution is 7.99. The monoisotopic (exact) mass is 396 g/mol. The first kappa shape index (κ1) is 20.2. The molecule has 2 rings (SSSR count). The number of nitrogens with zero attached hydrogens (tertiary/aromatic N) is 3. The van der Waals surface area contributed by atoms with Gasteiger partial charge < -0.3 is 20.9 Å². The molecule has 0 radical (unpaired) electrons. The molecular formula is C16H21ClN6O2S. The number of nitrogens with two attached hydrogens (primary N) is 1. The summed E-state index contributed by atoms with van der Waals surface area (Å²) >= 11 is 7.64. The smallest absolute Gasteiger partial charge is 0.243 e. The molecule has 1 aromatic heterocycles. The largest absolute Gasteiger partial charge is 0.346 e. The number of halogens is 1. The number of hydrogen-bond acceptors (Lipinski definition) is 6. The Morgan fingerprint density at radius 1 is 1.38 bits per heavy atom. The van der Waals surface area contributed by atoms with E-state index in [2.05, 4.69) is 20.8 Å². The van der Waals surface area contributed by atoms with Gasteiger partial charge in [0.25, 0.3) is 0 Å². The van der Waals surface area contributed by atoms with Gasteiger partial charge in [0.1, 0.15) is 6.33 Å². The zero-order valence-corrected chi connectivity index (χ0v) is 16.3. The fourth-order valence-electron chi connectivity index (χ4n) is 1.92. The Morgan fingerprint density at radius 3 is 2.69 bits per heavy atom. The number of aromatic nitrogens is 3. The summed E-state index contributed by atoms with van der Waals surface area (Å²) in [4.78, 5) is 24.5. The Morgan fingerprint density at radius 2 is 2.12 bits per heavy atom. The highest BCUT2D eigenvalue weighted by atomic mass is 35.5. The Labute approximate surface area is 160 Å². The molecule has 0 saturated carbocycles. The fourth-order valence-corrected chi connectivity index (χ4v) is 2.98. The van der Waals surface area contributed by atoms with Crippen molar-refractivity contribution >= 4 is 40.9 Å². The van der Waals surface area contributed by atoms with Crippen LogP contribution in [0.3, 0.4) is 0 Å². The lowest BCUT2D eigenvalue weighted by Crippen LogP contribution is -2.46. The molecular weight excluding hydrogens is 376 g/mol. The predicted octanol–water partition coefficient (Wildman–Crippen LogP) is 1.66. The van der Waals surface area contributed by atoms with Gasteiger partial charge >= 0.3 is 0 Å². The minimum absolute atomic E-state index is 0.00386. The summed E-state index contributed by atoms with van der Waals surface area (Å²) in [6, 6.07) is 4.50. The zero-order valence-electron chi connectivity index (χ0n) is 14.7. The van der Waals surface area contributed by atoms with Crippen LogP contribution in [0, 0.1) is 5.92 Å². The van der Waals surface area contributed by atoms with E-state index in [0.717, 1.165) is 4.90 Å². The molecule has 4 N–H and O–H groups in total. The molecule has 0 saturated heterocycles. The first-order valence-electron chi connectivity index (χ1n) is 7.92. The third-order valence-corrected chi connectivity index (χ3v) is 5.08. The van der Waals surface area contributed by atoms with E-state index in [4.69, 9.17) is 17.3 Å². The van der Waals surface area contributed by atoms with Crippen LogP contribution in [0.15, 0.2) is 34.6 Å². The molecule has 1 aromatic carbocycles. The van der Waals surface area contributed by atoms with Gasteiger partial charge in [-0.1, -0.05) is 25.4 Å². The number of amides is 2. The van der Waals surface area contributed by atoms with E-state index in [0.29, 0.717) is 15.9 Å². The molecule has 0 aliphatic rings. The van der Waals surface area contributed by atoms with Gasteiger partial charge in [-0.2, -0.15) is 0 Å². The van der Waals surface area contributed by atoms with Crippen LogP contribution in [0.5, 0.6) is 0 Å². The summed E-state index contributed by atoms with van der Waals surface area (Å²) in [5, 5.41) is 14.2. The maximum atomic E-state index is 12.0. The third-order valence-electron chi connectivity index (χ3n) is 3.53. The second-order valence-electron chi connectivity index (χ2n) is 6.01. The average Bonchev–Trinajstić information content (AvgIpc) is 2.99. The van der Waals surface area contributed by atoms with E-state index in [-0.39, 0.29) is 24.3 Å². The molecule has 2 amide bonds. The number of aryl methyl sites for hydroxylation is 1. The van der Waals surface area contributed by atoms with E-state index >= 15 is 0 Å². The van der Waals surface area contributed by atoms with Crippen molar-refractivity contribution in [3.05, 3.63) is 29.5 Å². The lowest BCUT2D eigenvalue weighted by atomic mass is 10.1. The SMILES string of the molecule is CC(C)[C@H](N)C(=O)NCC(=O)Nc1ccc(Sc2nncn2C)c(Cl)c1. The average molecular weight is 397 g/mol. The summed E-state index contributed by atoms with van der Waals surface area (Å²) < 4.78 is 1.78. The molecule has 140 valence electrons. The maximum absolute atomic E-state index is 12.0. The zero-order chi connectivity index (χ0) is 19.3. The van der Waals surface area contributed by atoms with Gasteiger partial charge in [0.15, 0.2) is 5.16 Å². The topological polar surface area (TPSA) is 115 Å². The molecule has 1 atom stereocenters. The molecule has 0 spiro atoms. The second kappa shape index (κ2) is 9.02. The van der Waals surface area contributed by atoms with Gasteiger partial charge in [0.2, 0.25) is 11.8 Å². The number of benzene rings is 1. The molecule has 26 heavy (non-hydrogen) atoms. The molecule has 1 heterocycles. The lowest BCUT2D eigenvalue weighted by molar-refractivity contribution is -0.125. The summed E-state index contributed by atoms with van der Waals surface area (Å²) in [6.45, 7) is 3.52. The Balaban J connectivity index is 1.91. The first-order chi connectivity index (χ1) is 12.3. The molecule has 0 aliphatic carbocycles. The normalized spacial score (nSPS) is 12.1. The van der Waals surface area contributed by atoms with Crippen molar-refractivity contribution in [3.8, 4) is 0 Å². The Kier molecular flexibility index (Phi) is 7.01. The number of nitrogens with one attached hydrogen (secondary N) is 2. The lowest BCUT2D eigenvalue weighted by Gasteiger charge is -2.15. The number of anilines is 1. The number of carbonyl (C=O) groups excluding carboxylic acids is 2. The molecule has 0 bridgehead atoms. The van der Waals surface area contributed by atoms with E-state index < -0.39 is 6.04 Å². The Bertz CT molecular complexity index is 795. The van der Waals surface area contributed by atoms with Crippen LogP contribution in [0.4, 0.5) is 5.69 Å². The standard InChI is InChI=1S/C16H21ClN6O2S/c1-9(2)14(18)15(25)19-7-13(24)21-10-4-5-12(11(17)6-10)26-16-22-20-8-23(16)3/h4-6,8-9,14H,7,18H2,1-3H3,(H,19,25)(H,21,24)/t14-/m0/s1. The van der Waals surface area contributed by atoms with Gasteiger partial charge in [0, 0.05) is 17.6 Å². The first-order valence-corrected chi connectivity index (χ1v) is 9.12. The fraction of sp³-hybridized carbons (Fsp3) is 0.375. The predicted molar refractivity (Wildman–Crippen MR) is 101 cm³/mol. The van der Waals surface area contributed by atoms with Crippen LogP contribution in [0.25, 0.3) is 0 Å². The number of rotatable bonds is 7. The van der Waals surface area contributed by atoms with Crippen molar-refractivity contribution in [2.24, 2.45) is 18.7 Å². The van der Waals surface area contributed by atoms with Crippen LogP contribution in [0.1, 0.15) is 13.8 Å². The van der Waals surface area contributed by atoms with Crippen LogP contribution in [0.2, 0.25) is 5.02 Å². The van der Waals surface area contributed by atoms with Gasteiger partial charge in [-0.05, 0) is 35.9 Å². The Hall–Kier alpha value is -2.10. The minimum atomic E-state index is -0.644. The summed E-state index contributed by atoms with van der Waals surface area (Å²) in [7, 11) is 1.84. The van der Waals surface area contributed by atoms with Crippen molar-refractivity contribution in [2.45, 2.75) is 29.9 Å². The van der Waals surface area contributed by atoms with E-state index in [9.17, 15) is 9.59 Å². The number of carbonyl (C=O) groups is 2. The van der Waals surface area contributed by atoms with Crippen molar-refractivity contribution in [2.75, 3.05) is 11.9 Å². The maximum Gasteiger partial charge on any atom is 0.243 e. The van der Waals surface area contributed by atoms with E-state index in [1.54, 1.807) is 29.1 Å². The highest BCUT2D eigenvalue weighted by Crippen LogP contribution is 2.33. The van der Waals surface area contributed by atoms with Crippen molar-refractivity contribution in [1.82, 2.24) is 20.1 Å². The van der Waals surface area contributed by atoms with E-state index in [1.165, 1.54) is 11.8 Å². The van der Waals surface area contributed by atoms with Crippen LogP contribution in [-0.2, 0) is 16.6 Å². The summed E-state index contributed by atoms with van der Waals surface area (Å²) in [5.41, 5.74) is 6.26. The molecule has 10 heteroatoms. The molecule has 0 aliphatic heterocycles. The third kappa shape index (κ3) is 5.45. The van der Waals surface area contributed by atoms with E-state index in [1.807, 2.05) is 20.9 Å². The van der Waals surface area contributed by atoms with Crippen molar-refractivity contribution in [3.63, 3.8) is 0 Å². The van der Waals surface area contributed by atoms with Crippen LogP contribution >= 0.6 is 23.4 Å². The van der Waals surface area contributed by atoms with Crippen LogP contribution in [-0.4, -0.2) is 39.2 Å². The summed E-state index contributed by atoms with van der Waals surface area (Å²) in [6.07, 6.45) is 1.60. The van der Waals surface area contributed by atoms with Crippen LogP contribution < -0.4 is 16.4 Å². The molecule has 0 fully saturated rings. The van der Waals surface area contributed by atoms with Crippen molar-refractivity contribution < 1.29 is 9.59 Å². The molecule has 8 nitrogen and oxygen atoms in total. The number of hydrogen-bond donors (Lipinski definition) is 3. The van der Waals surface area contributed by atoms with Crippen molar-refractivity contribution in [1.29, 1.82) is 0 Å². The minimum Gasteiger partial charge on any atom is -0.346 e. The summed E-state index contributed by atoms with van der Waals surface area (Å²) in [5.74, 6) is -0.724.